The lowest BCUT2D eigenvalue weighted by Gasteiger charge is -2.14. The van der Waals surface area contributed by atoms with Crippen LogP contribution in [0.5, 0.6) is 0 Å². The first kappa shape index (κ1) is 14.1. The highest BCUT2D eigenvalue weighted by Gasteiger charge is 2.09. The van der Waals surface area contributed by atoms with Gasteiger partial charge in [-0.2, -0.15) is 0 Å². The Kier molecular flexibility index (Phi) is 8.49. The first-order valence-corrected chi connectivity index (χ1v) is 7.11. The van der Waals surface area contributed by atoms with Crippen LogP contribution in [0, 0.1) is 5.92 Å². The van der Waals surface area contributed by atoms with E-state index in [1.807, 2.05) is 7.05 Å². The van der Waals surface area contributed by atoms with E-state index in [-0.39, 0.29) is 0 Å². The summed E-state index contributed by atoms with van der Waals surface area (Å²) in [5.74, 6) is 2.34. The largest absolute Gasteiger partial charge is 0.316 e. The van der Waals surface area contributed by atoms with Gasteiger partial charge >= 0.3 is 0 Å². The van der Waals surface area contributed by atoms with Crippen LogP contribution in [0.15, 0.2) is 0 Å². The summed E-state index contributed by atoms with van der Waals surface area (Å²) in [7, 11) is 1.32. The van der Waals surface area contributed by atoms with Crippen LogP contribution in [0.3, 0.4) is 0 Å². The van der Waals surface area contributed by atoms with Crippen molar-refractivity contribution in [3.05, 3.63) is 0 Å². The second-order valence-electron chi connectivity index (χ2n) is 4.27. The number of hydrogen-bond donors (Lipinski definition) is 1. The monoisotopic (exact) mass is 219 g/mol. The van der Waals surface area contributed by atoms with E-state index in [1.165, 1.54) is 0 Å². The van der Waals surface area contributed by atoms with Crippen LogP contribution in [-0.2, 0) is 10.8 Å². The summed E-state index contributed by atoms with van der Waals surface area (Å²) < 4.78 is 11.7. The molecule has 0 saturated heterocycles. The van der Waals surface area contributed by atoms with Crippen molar-refractivity contribution in [2.45, 2.75) is 46.1 Å². The lowest BCUT2D eigenvalue weighted by molar-refractivity contribution is 0.554. The second kappa shape index (κ2) is 8.42. The number of hydrogen-bond acceptors (Lipinski definition) is 2. The molecule has 0 rings (SSSR count). The third kappa shape index (κ3) is 7.51. The molecule has 0 spiro atoms. The molecule has 2 atom stereocenters. The highest BCUT2D eigenvalue weighted by molar-refractivity contribution is 7.85. The molecule has 0 amide bonds. The molecule has 0 aliphatic heterocycles. The Morgan fingerprint density at radius 1 is 1.29 bits per heavy atom. The third-order valence-corrected chi connectivity index (χ3v) is 3.82. The Balaban J connectivity index is 3.67. The van der Waals surface area contributed by atoms with Gasteiger partial charge in [-0.1, -0.05) is 27.2 Å². The summed E-state index contributed by atoms with van der Waals surface area (Å²) in [5, 5.41) is 3.23. The van der Waals surface area contributed by atoms with Gasteiger partial charge in [-0.3, -0.25) is 4.21 Å². The molecule has 3 heteroatoms. The molecule has 2 unspecified atom stereocenters. The Morgan fingerprint density at radius 3 is 2.36 bits per heavy atom. The Hall–Kier alpha value is 0.110. The van der Waals surface area contributed by atoms with Crippen LogP contribution in [0.2, 0.25) is 0 Å². The van der Waals surface area contributed by atoms with E-state index in [0.29, 0.717) is 12.0 Å². The fraction of sp³-hybridized carbons (Fsp3) is 1.00. The molecule has 0 aromatic rings. The first-order chi connectivity index (χ1) is 6.60. The molecular weight excluding hydrogens is 194 g/mol. The molecule has 0 aliphatic carbocycles. The van der Waals surface area contributed by atoms with Gasteiger partial charge in [0.15, 0.2) is 0 Å². The van der Waals surface area contributed by atoms with E-state index in [9.17, 15) is 4.21 Å². The lowest BCUT2D eigenvalue weighted by atomic mass is 10.2. The van der Waals surface area contributed by atoms with Gasteiger partial charge in [-0.25, -0.2) is 0 Å². The predicted molar refractivity (Wildman–Crippen MR) is 65.1 cm³/mol. The van der Waals surface area contributed by atoms with Gasteiger partial charge < -0.3 is 5.32 Å². The van der Waals surface area contributed by atoms with Crippen LogP contribution in [0.25, 0.3) is 0 Å². The van der Waals surface area contributed by atoms with Crippen molar-refractivity contribution in [2.75, 3.05) is 18.6 Å². The molecule has 0 aromatic heterocycles. The van der Waals surface area contributed by atoms with Crippen molar-refractivity contribution < 1.29 is 4.21 Å². The van der Waals surface area contributed by atoms with Crippen molar-refractivity contribution in [1.29, 1.82) is 0 Å². The summed E-state index contributed by atoms with van der Waals surface area (Å²) in [4.78, 5) is 0. The maximum atomic E-state index is 11.7. The molecule has 0 aliphatic rings. The van der Waals surface area contributed by atoms with E-state index in [1.54, 1.807) is 0 Å². The molecule has 0 radical (unpaired) electrons. The standard InChI is InChI=1S/C11H25NOS/c1-5-6-11(12-4)9-14(13)8-7-10(2)3/h10-12H,5-9H2,1-4H3. The van der Waals surface area contributed by atoms with Crippen molar-refractivity contribution in [2.24, 2.45) is 5.92 Å². The molecule has 0 heterocycles. The van der Waals surface area contributed by atoms with Gasteiger partial charge in [0.1, 0.15) is 0 Å². The van der Waals surface area contributed by atoms with Gasteiger partial charge in [0.25, 0.3) is 0 Å². The summed E-state index contributed by atoms with van der Waals surface area (Å²) in [6.07, 6.45) is 3.37. The number of nitrogens with one attached hydrogen (secondary N) is 1. The molecule has 2 nitrogen and oxygen atoms in total. The SMILES string of the molecule is CCCC(CS(=O)CCC(C)C)NC. The van der Waals surface area contributed by atoms with E-state index in [2.05, 4.69) is 26.1 Å². The number of rotatable bonds is 8. The van der Waals surface area contributed by atoms with Gasteiger partial charge in [-0.05, 0) is 25.8 Å². The highest BCUT2D eigenvalue weighted by Crippen LogP contribution is 2.04. The van der Waals surface area contributed by atoms with E-state index in [4.69, 9.17) is 0 Å². The minimum Gasteiger partial charge on any atom is -0.316 e. The Morgan fingerprint density at radius 2 is 1.93 bits per heavy atom. The summed E-state index contributed by atoms with van der Waals surface area (Å²) >= 11 is 0. The van der Waals surface area contributed by atoms with Crippen LogP contribution in [-0.4, -0.2) is 28.8 Å². The zero-order chi connectivity index (χ0) is 11.0. The molecule has 0 saturated carbocycles. The summed E-state index contributed by atoms with van der Waals surface area (Å²) in [5.41, 5.74) is 0. The first-order valence-electron chi connectivity index (χ1n) is 5.62. The Labute approximate surface area is 91.3 Å². The fourth-order valence-electron chi connectivity index (χ4n) is 1.33. The Bertz CT molecular complexity index is 159. The third-order valence-electron chi connectivity index (χ3n) is 2.36. The average molecular weight is 219 g/mol. The minimum absolute atomic E-state index is 0.438. The zero-order valence-corrected chi connectivity index (χ0v) is 10.8. The molecular formula is C11H25NOS. The second-order valence-corrected chi connectivity index (χ2v) is 5.89. The van der Waals surface area contributed by atoms with Crippen LogP contribution in [0.1, 0.15) is 40.0 Å². The van der Waals surface area contributed by atoms with Gasteiger partial charge in [0.2, 0.25) is 0 Å². The van der Waals surface area contributed by atoms with Crippen molar-refractivity contribution in [1.82, 2.24) is 5.32 Å². The normalized spacial score (nSPS) is 15.8. The summed E-state index contributed by atoms with van der Waals surface area (Å²) in [6.45, 7) is 6.53. The lowest BCUT2D eigenvalue weighted by Crippen LogP contribution is -2.31. The zero-order valence-electron chi connectivity index (χ0n) is 10.0. The molecule has 1 N–H and O–H groups in total. The van der Waals surface area contributed by atoms with E-state index < -0.39 is 10.8 Å². The highest BCUT2D eigenvalue weighted by atomic mass is 32.2. The topological polar surface area (TPSA) is 29.1 Å². The molecule has 0 aromatic carbocycles. The van der Waals surface area contributed by atoms with Crippen LogP contribution >= 0.6 is 0 Å². The van der Waals surface area contributed by atoms with Crippen LogP contribution in [0.4, 0.5) is 0 Å². The molecule has 0 fully saturated rings. The van der Waals surface area contributed by atoms with Crippen molar-refractivity contribution in [3.63, 3.8) is 0 Å². The van der Waals surface area contributed by atoms with Gasteiger partial charge in [0.05, 0.1) is 0 Å². The maximum Gasteiger partial charge on any atom is 0.0388 e. The van der Waals surface area contributed by atoms with Gasteiger partial charge in [-0.15, -0.1) is 0 Å². The van der Waals surface area contributed by atoms with Crippen molar-refractivity contribution >= 4 is 10.8 Å². The van der Waals surface area contributed by atoms with E-state index in [0.717, 1.165) is 30.8 Å². The van der Waals surface area contributed by atoms with Gasteiger partial charge in [0, 0.05) is 28.3 Å². The van der Waals surface area contributed by atoms with Crippen molar-refractivity contribution in [3.8, 4) is 0 Å². The van der Waals surface area contributed by atoms with Crippen LogP contribution < -0.4 is 5.32 Å². The fourth-order valence-corrected chi connectivity index (χ4v) is 3.02. The summed E-state index contributed by atoms with van der Waals surface area (Å²) in [6, 6.07) is 0.438. The average Bonchev–Trinajstić information content (AvgIpc) is 2.14. The molecule has 14 heavy (non-hydrogen) atoms. The minimum atomic E-state index is -0.635. The maximum absolute atomic E-state index is 11.7. The van der Waals surface area contributed by atoms with E-state index >= 15 is 0 Å². The molecule has 0 bridgehead atoms. The quantitative estimate of drug-likeness (QED) is 0.678. The smallest absolute Gasteiger partial charge is 0.0388 e. The molecule has 86 valence electrons. The predicted octanol–water partition coefficient (Wildman–Crippen LogP) is 2.17.